The summed E-state index contributed by atoms with van der Waals surface area (Å²) in [5.41, 5.74) is -1.58. The Bertz CT molecular complexity index is 1100. The van der Waals surface area contributed by atoms with Crippen molar-refractivity contribution in [1.82, 2.24) is 14.5 Å². The number of nitrogens with one attached hydrogen (secondary N) is 1. The molecular formula is C20H19N3O5. The SMILES string of the molecule is CN(C)Cc1c(C(=O)O)[nH]c(=O)n(-c2ccc(Oc3ccccc3)cc2)c1=O. The lowest BCUT2D eigenvalue weighted by molar-refractivity contribution is 0.0687. The molecule has 0 bridgehead atoms. The lowest BCUT2D eigenvalue weighted by atomic mass is 10.2. The standard InChI is InChI=1S/C20H19N3O5/c1-22(2)12-16-17(19(25)26)21-20(27)23(18(16)24)13-8-10-15(11-9-13)28-14-6-4-3-5-7-14/h3-11H,12H2,1-2H3,(H,21,27)(H,25,26). The zero-order valence-corrected chi connectivity index (χ0v) is 15.4. The molecule has 2 N–H and O–H groups in total. The van der Waals surface area contributed by atoms with Crippen molar-refractivity contribution >= 4 is 5.97 Å². The topological polar surface area (TPSA) is 105 Å². The van der Waals surface area contributed by atoms with E-state index < -0.39 is 22.9 Å². The second kappa shape index (κ2) is 7.93. The van der Waals surface area contributed by atoms with Gasteiger partial charge >= 0.3 is 11.7 Å². The quantitative estimate of drug-likeness (QED) is 0.677. The summed E-state index contributed by atoms with van der Waals surface area (Å²) in [7, 11) is 3.41. The monoisotopic (exact) mass is 381 g/mol. The van der Waals surface area contributed by atoms with Crippen molar-refractivity contribution in [3.05, 3.63) is 86.7 Å². The van der Waals surface area contributed by atoms with Gasteiger partial charge in [-0.2, -0.15) is 0 Å². The van der Waals surface area contributed by atoms with Gasteiger partial charge in [-0.3, -0.25) is 4.79 Å². The van der Waals surface area contributed by atoms with Crippen molar-refractivity contribution in [3.63, 3.8) is 0 Å². The zero-order valence-electron chi connectivity index (χ0n) is 15.4. The van der Waals surface area contributed by atoms with Crippen molar-refractivity contribution in [2.24, 2.45) is 0 Å². The molecule has 8 nitrogen and oxygen atoms in total. The van der Waals surface area contributed by atoms with Crippen LogP contribution < -0.4 is 16.0 Å². The fourth-order valence-electron chi connectivity index (χ4n) is 2.74. The maximum absolute atomic E-state index is 12.8. The summed E-state index contributed by atoms with van der Waals surface area (Å²) in [5.74, 6) is -0.163. The summed E-state index contributed by atoms with van der Waals surface area (Å²) in [6, 6.07) is 15.6. The molecule has 0 atom stereocenters. The van der Waals surface area contributed by atoms with E-state index in [2.05, 4.69) is 4.98 Å². The number of carboxylic acid groups (broad SMARTS) is 1. The number of aromatic carboxylic acids is 1. The fourth-order valence-corrected chi connectivity index (χ4v) is 2.74. The number of aromatic nitrogens is 2. The molecular weight excluding hydrogens is 362 g/mol. The minimum Gasteiger partial charge on any atom is -0.477 e. The lowest BCUT2D eigenvalue weighted by Gasteiger charge is -2.14. The van der Waals surface area contributed by atoms with Gasteiger partial charge in [-0.25, -0.2) is 14.2 Å². The summed E-state index contributed by atoms with van der Waals surface area (Å²) < 4.78 is 6.61. The molecule has 0 spiro atoms. The van der Waals surface area contributed by atoms with Gasteiger partial charge in [0.05, 0.1) is 11.3 Å². The third-order valence-corrected chi connectivity index (χ3v) is 3.96. The molecule has 3 aromatic rings. The minimum absolute atomic E-state index is 0.00159. The summed E-state index contributed by atoms with van der Waals surface area (Å²) in [4.78, 5) is 40.6. The molecule has 3 rings (SSSR count). The average Bonchev–Trinajstić information content (AvgIpc) is 2.65. The van der Waals surface area contributed by atoms with Crippen LogP contribution in [-0.4, -0.2) is 39.6 Å². The van der Waals surface area contributed by atoms with Gasteiger partial charge in [0, 0.05) is 6.54 Å². The first-order valence-electron chi connectivity index (χ1n) is 8.46. The van der Waals surface area contributed by atoms with Gasteiger partial charge in [-0.15, -0.1) is 0 Å². The van der Waals surface area contributed by atoms with Crippen LogP contribution in [0.25, 0.3) is 5.69 Å². The van der Waals surface area contributed by atoms with E-state index in [-0.39, 0.29) is 12.1 Å². The number of aromatic amines is 1. The van der Waals surface area contributed by atoms with Crippen molar-refractivity contribution < 1.29 is 14.6 Å². The van der Waals surface area contributed by atoms with Gasteiger partial charge in [-0.1, -0.05) is 18.2 Å². The molecule has 0 saturated heterocycles. The van der Waals surface area contributed by atoms with Crippen LogP contribution in [0, 0.1) is 0 Å². The molecule has 0 aliphatic rings. The van der Waals surface area contributed by atoms with E-state index in [1.807, 2.05) is 18.2 Å². The molecule has 0 saturated carbocycles. The number of carboxylic acids is 1. The molecule has 0 aliphatic carbocycles. The molecule has 1 aromatic heterocycles. The summed E-state index contributed by atoms with van der Waals surface area (Å²) in [6.07, 6.45) is 0. The molecule has 0 fully saturated rings. The highest BCUT2D eigenvalue weighted by molar-refractivity contribution is 5.86. The van der Waals surface area contributed by atoms with Crippen LogP contribution in [0.15, 0.2) is 64.2 Å². The molecule has 2 aromatic carbocycles. The number of nitrogens with zero attached hydrogens (tertiary/aromatic N) is 2. The smallest absolute Gasteiger partial charge is 0.352 e. The Morgan fingerprint density at radius 1 is 1.04 bits per heavy atom. The predicted molar refractivity (Wildman–Crippen MR) is 104 cm³/mol. The Balaban J connectivity index is 2.02. The van der Waals surface area contributed by atoms with Crippen LogP contribution in [0.5, 0.6) is 11.5 Å². The second-order valence-corrected chi connectivity index (χ2v) is 6.38. The number of hydrogen-bond acceptors (Lipinski definition) is 5. The number of benzene rings is 2. The third kappa shape index (κ3) is 4.02. The normalized spacial score (nSPS) is 10.8. The van der Waals surface area contributed by atoms with E-state index in [9.17, 15) is 19.5 Å². The number of rotatable bonds is 6. The van der Waals surface area contributed by atoms with Gasteiger partial charge in [0.25, 0.3) is 5.56 Å². The Morgan fingerprint density at radius 2 is 1.64 bits per heavy atom. The number of carbonyl (C=O) groups is 1. The van der Waals surface area contributed by atoms with Gasteiger partial charge in [0.1, 0.15) is 17.2 Å². The Morgan fingerprint density at radius 3 is 2.21 bits per heavy atom. The molecule has 0 aliphatic heterocycles. The van der Waals surface area contributed by atoms with Gasteiger partial charge < -0.3 is 19.7 Å². The second-order valence-electron chi connectivity index (χ2n) is 6.38. The first-order chi connectivity index (χ1) is 13.4. The highest BCUT2D eigenvalue weighted by Crippen LogP contribution is 2.21. The zero-order chi connectivity index (χ0) is 20.3. The van der Waals surface area contributed by atoms with Gasteiger partial charge in [0.15, 0.2) is 0 Å². The number of ether oxygens (including phenoxy) is 1. The van der Waals surface area contributed by atoms with Crippen molar-refractivity contribution in [2.75, 3.05) is 14.1 Å². The van der Waals surface area contributed by atoms with Crippen molar-refractivity contribution in [1.29, 1.82) is 0 Å². The van der Waals surface area contributed by atoms with E-state index in [0.717, 1.165) is 4.57 Å². The van der Waals surface area contributed by atoms with Crippen LogP contribution >= 0.6 is 0 Å². The lowest BCUT2D eigenvalue weighted by Crippen LogP contribution is -2.39. The number of para-hydroxylation sites is 1. The maximum atomic E-state index is 12.8. The van der Waals surface area contributed by atoms with Gasteiger partial charge in [-0.05, 0) is 50.5 Å². The number of H-pyrrole nitrogens is 1. The molecule has 0 unspecified atom stereocenters. The Kier molecular flexibility index (Phi) is 5.42. The molecule has 1 heterocycles. The first-order valence-corrected chi connectivity index (χ1v) is 8.46. The molecule has 8 heteroatoms. The minimum atomic E-state index is -1.36. The van der Waals surface area contributed by atoms with E-state index >= 15 is 0 Å². The van der Waals surface area contributed by atoms with Crippen LogP contribution in [0.1, 0.15) is 16.1 Å². The maximum Gasteiger partial charge on any atom is 0.352 e. The third-order valence-electron chi connectivity index (χ3n) is 3.96. The van der Waals surface area contributed by atoms with Crippen LogP contribution in [0.2, 0.25) is 0 Å². The highest BCUT2D eigenvalue weighted by Gasteiger charge is 2.20. The molecule has 144 valence electrons. The fraction of sp³-hybridized carbons (Fsp3) is 0.150. The molecule has 28 heavy (non-hydrogen) atoms. The Hall–Kier alpha value is -3.65. The van der Waals surface area contributed by atoms with Gasteiger partial charge in [0.2, 0.25) is 0 Å². The van der Waals surface area contributed by atoms with E-state index in [4.69, 9.17) is 4.74 Å². The average molecular weight is 381 g/mol. The van der Waals surface area contributed by atoms with E-state index in [0.29, 0.717) is 17.2 Å². The summed E-state index contributed by atoms with van der Waals surface area (Å²) in [5, 5.41) is 9.31. The largest absolute Gasteiger partial charge is 0.477 e. The molecule has 0 radical (unpaired) electrons. The van der Waals surface area contributed by atoms with Crippen molar-refractivity contribution in [2.45, 2.75) is 6.54 Å². The first kappa shape index (κ1) is 19.1. The summed E-state index contributed by atoms with van der Waals surface area (Å²) in [6.45, 7) is 0.0758. The highest BCUT2D eigenvalue weighted by atomic mass is 16.5. The van der Waals surface area contributed by atoms with Crippen LogP contribution in [0.3, 0.4) is 0 Å². The van der Waals surface area contributed by atoms with E-state index in [1.165, 1.54) is 0 Å². The Labute approximate surface area is 160 Å². The van der Waals surface area contributed by atoms with E-state index in [1.54, 1.807) is 55.4 Å². The van der Waals surface area contributed by atoms with Crippen LogP contribution in [0.4, 0.5) is 0 Å². The van der Waals surface area contributed by atoms with Crippen LogP contribution in [-0.2, 0) is 6.54 Å². The van der Waals surface area contributed by atoms with Crippen molar-refractivity contribution in [3.8, 4) is 17.2 Å². The molecule has 0 amide bonds. The number of hydrogen-bond donors (Lipinski definition) is 2. The predicted octanol–water partition coefficient (Wildman–Crippen LogP) is 2.08. The summed E-state index contributed by atoms with van der Waals surface area (Å²) >= 11 is 0.